The van der Waals surface area contributed by atoms with Crippen molar-refractivity contribution in [3.63, 3.8) is 0 Å². The van der Waals surface area contributed by atoms with E-state index in [2.05, 4.69) is 22.0 Å². The third kappa shape index (κ3) is 2.68. The molecule has 0 saturated heterocycles. The summed E-state index contributed by atoms with van der Waals surface area (Å²) in [5.74, 6) is -0.839. The van der Waals surface area contributed by atoms with E-state index in [9.17, 15) is 9.18 Å². The zero-order valence-corrected chi connectivity index (χ0v) is 15.7. The van der Waals surface area contributed by atoms with Gasteiger partial charge in [-0.25, -0.2) is 4.39 Å². The summed E-state index contributed by atoms with van der Waals surface area (Å²) in [4.78, 5) is 11.9. The van der Waals surface area contributed by atoms with Gasteiger partial charge in [0.15, 0.2) is 0 Å². The van der Waals surface area contributed by atoms with Crippen molar-refractivity contribution in [2.75, 3.05) is 0 Å². The minimum atomic E-state index is -0.519. The van der Waals surface area contributed by atoms with E-state index in [1.54, 1.807) is 30.3 Å². The number of amides is 1. The second-order valence-corrected chi connectivity index (χ2v) is 7.20. The summed E-state index contributed by atoms with van der Waals surface area (Å²) in [5, 5.41) is 1.94. The fraction of sp³-hybridized carbons (Fsp3) is 0.0500. The van der Waals surface area contributed by atoms with Crippen LogP contribution in [-0.4, -0.2) is 10.5 Å². The number of carbonyl (C=O) groups excluding carboxylic acids is 1. The highest BCUT2D eigenvalue weighted by Gasteiger charge is 2.19. The Morgan fingerprint density at radius 3 is 2.85 bits per heavy atom. The van der Waals surface area contributed by atoms with Gasteiger partial charge < -0.3 is 10.3 Å². The monoisotopic (exact) mass is 429 g/mol. The molecule has 4 rings (SSSR count). The van der Waals surface area contributed by atoms with Gasteiger partial charge in [-0.2, -0.15) is 0 Å². The Hall–Kier alpha value is -2.37. The summed E-state index contributed by atoms with van der Waals surface area (Å²) in [7, 11) is 0. The molecule has 26 heavy (non-hydrogen) atoms. The Balaban J connectivity index is 2.09. The van der Waals surface area contributed by atoms with E-state index in [1.807, 2.05) is 10.6 Å². The number of nitrogens with two attached hydrogens (primary N) is 1. The second-order valence-electron chi connectivity index (χ2n) is 5.94. The van der Waals surface area contributed by atoms with E-state index in [-0.39, 0.29) is 5.82 Å². The maximum Gasteiger partial charge on any atom is 0.249 e. The van der Waals surface area contributed by atoms with Crippen LogP contribution >= 0.6 is 27.5 Å². The van der Waals surface area contributed by atoms with Crippen molar-refractivity contribution in [1.82, 2.24) is 4.57 Å². The third-order valence-electron chi connectivity index (χ3n) is 4.38. The van der Waals surface area contributed by atoms with Crippen LogP contribution in [0.3, 0.4) is 0 Å². The van der Waals surface area contributed by atoms with Crippen LogP contribution in [0.1, 0.15) is 15.9 Å². The summed E-state index contributed by atoms with van der Waals surface area (Å²) in [6.45, 7) is 0.373. The maximum atomic E-state index is 13.7. The highest BCUT2D eigenvalue weighted by atomic mass is 79.9. The first-order valence-corrected chi connectivity index (χ1v) is 8.99. The van der Waals surface area contributed by atoms with Gasteiger partial charge in [0, 0.05) is 27.4 Å². The maximum absolute atomic E-state index is 13.7. The number of primary amides is 1. The molecule has 129 valence electrons. The molecular formula is C20H12BrClFN2O. The molecule has 1 aromatic heterocycles. The fourth-order valence-electron chi connectivity index (χ4n) is 3.27. The van der Waals surface area contributed by atoms with Crippen LogP contribution in [-0.2, 0) is 6.54 Å². The van der Waals surface area contributed by atoms with Crippen molar-refractivity contribution in [3.05, 3.63) is 81.0 Å². The number of carbonyl (C=O) groups is 1. The van der Waals surface area contributed by atoms with E-state index < -0.39 is 5.91 Å². The Kier molecular flexibility index (Phi) is 4.21. The van der Waals surface area contributed by atoms with Crippen molar-refractivity contribution in [2.45, 2.75) is 6.54 Å². The topological polar surface area (TPSA) is 48.0 Å². The molecule has 0 aliphatic heterocycles. The molecule has 0 spiro atoms. The molecule has 6 heteroatoms. The number of aromatic nitrogens is 1. The summed E-state index contributed by atoms with van der Waals surface area (Å²) >= 11 is 9.93. The van der Waals surface area contributed by atoms with E-state index in [1.165, 1.54) is 12.1 Å². The minimum absolute atomic E-state index is 0.320. The highest BCUT2D eigenvalue weighted by molar-refractivity contribution is 9.10. The Morgan fingerprint density at radius 2 is 2.08 bits per heavy atom. The SMILES string of the molecule is NC(=O)c1cccc2c1c1[c]ccc(Cl)c1n2Cc1cc(F)ccc1Br. The minimum Gasteiger partial charge on any atom is -0.366 e. The standard InChI is InChI=1S/C20H12BrClFN2O/c21-15-8-7-12(23)9-11(15)10-25-17-6-2-4-14(20(24)26)18(17)13-3-1-5-16(22)19(13)25/h1-2,4-9H,10H2,(H2,24,26). The first-order chi connectivity index (χ1) is 12.5. The quantitative estimate of drug-likeness (QED) is 0.471. The van der Waals surface area contributed by atoms with Crippen LogP contribution in [0.15, 0.2) is 53.0 Å². The first kappa shape index (κ1) is 17.1. The first-order valence-electron chi connectivity index (χ1n) is 7.82. The predicted molar refractivity (Wildman–Crippen MR) is 105 cm³/mol. The van der Waals surface area contributed by atoms with Crippen molar-refractivity contribution >= 4 is 55.2 Å². The van der Waals surface area contributed by atoms with E-state index >= 15 is 0 Å². The molecule has 0 bridgehead atoms. The smallest absolute Gasteiger partial charge is 0.249 e. The lowest BCUT2D eigenvalue weighted by Crippen LogP contribution is -2.11. The number of fused-ring (bicyclic) bond motifs is 3. The molecule has 0 fully saturated rings. The molecule has 1 radical (unpaired) electrons. The molecule has 3 nitrogen and oxygen atoms in total. The van der Waals surface area contributed by atoms with Crippen LogP contribution in [0.5, 0.6) is 0 Å². The van der Waals surface area contributed by atoms with Gasteiger partial charge in [0.1, 0.15) is 5.82 Å². The van der Waals surface area contributed by atoms with Gasteiger partial charge in [-0.1, -0.05) is 39.7 Å². The Labute approximate surface area is 162 Å². The van der Waals surface area contributed by atoms with Crippen LogP contribution < -0.4 is 5.73 Å². The van der Waals surface area contributed by atoms with E-state index in [0.717, 1.165) is 26.5 Å². The molecule has 4 aromatic rings. The predicted octanol–water partition coefficient (Wildman–Crippen LogP) is 5.30. The number of rotatable bonds is 3. The molecule has 0 atom stereocenters. The summed E-state index contributed by atoms with van der Waals surface area (Å²) < 4.78 is 16.5. The van der Waals surface area contributed by atoms with Gasteiger partial charge in [0.2, 0.25) is 5.91 Å². The van der Waals surface area contributed by atoms with Crippen molar-refractivity contribution in [3.8, 4) is 0 Å². The molecule has 0 aliphatic rings. The molecule has 0 saturated carbocycles. The Morgan fingerprint density at radius 1 is 1.27 bits per heavy atom. The number of nitrogens with zero attached hydrogens (tertiary/aromatic N) is 1. The van der Waals surface area contributed by atoms with E-state index in [4.69, 9.17) is 17.3 Å². The van der Waals surface area contributed by atoms with Gasteiger partial charge >= 0.3 is 0 Å². The number of benzene rings is 3. The lowest BCUT2D eigenvalue weighted by molar-refractivity contribution is 0.100. The zero-order valence-electron chi connectivity index (χ0n) is 13.4. The number of halogens is 3. The van der Waals surface area contributed by atoms with Crippen LogP contribution in [0.2, 0.25) is 5.02 Å². The van der Waals surface area contributed by atoms with Gasteiger partial charge in [0.05, 0.1) is 16.1 Å². The average Bonchev–Trinajstić information content (AvgIpc) is 2.93. The lowest BCUT2D eigenvalue weighted by atomic mass is 10.1. The van der Waals surface area contributed by atoms with Crippen LogP contribution in [0, 0.1) is 11.9 Å². The highest BCUT2D eigenvalue weighted by Crippen LogP contribution is 2.36. The number of hydrogen-bond acceptors (Lipinski definition) is 1. The summed E-state index contributed by atoms with van der Waals surface area (Å²) in [5.41, 5.74) is 8.25. The summed E-state index contributed by atoms with van der Waals surface area (Å²) in [6.07, 6.45) is 0. The molecule has 2 N–H and O–H groups in total. The third-order valence-corrected chi connectivity index (χ3v) is 5.45. The van der Waals surface area contributed by atoms with Crippen molar-refractivity contribution in [2.24, 2.45) is 5.73 Å². The fourth-order valence-corrected chi connectivity index (χ4v) is 3.90. The van der Waals surface area contributed by atoms with Gasteiger partial charge in [0.25, 0.3) is 0 Å². The van der Waals surface area contributed by atoms with Crippen molar-refractivity contribution in [1.29, 1.82) is 0 Å². The van der Waals surface area contributed by atoms with Gasteiger partial charge in [-0.3, -0.25) is 4.79 Å². The summed E-state index contributed by atoms with van der Waals surface area (Å²) in [6, 6.07) is 16.5. The molecule has 3 aromatic carbocycles. The van der Waals surface area contributed by atoms with Gasteiger partial charge in [-0.05, 0) is 48.0 Å². The van der Waals surface area contributed by atoms with Crippen LogP contribution in [0.4, 0.5) is 4.39 Å². The molecular weight excluding hydrogens is 419 g/mol. The molecule has 0 unspecified atom stereocenters. The lowest BCUT2D eigenvalue weighted by Gasteiger charge is -2.11. The van der Waals surface area contributed by atoms with Gasteiger partial charge in [-0.15, -0.1) is 0 Å². The Bertz CT molecular complexity index is 1190. The van der Waals surface area contributed by atoms with Crippen molar-refractivity contribution < 1.29 is 9.18 Å². The average molecular weight is 431 g/mol. The molecule has 1 heterocycles. The number of hydrogen-bond donors (Lipinski definition) is 1. The normalized spacial score (nSPS) is 11.3. The zero-order chi connectivity index (χ0) is 18.4. The second kappa shape index (κ2) is 6.41. The molecule has 1 amide bonds. The van der Waals surface area contributed by atoms with Crippen LogP contribution in [0.25, 0.3) is 21.8 Å². The largest absolute Gasteiger partial charge is 0.366 e. The molecule has 0 aliphatic carbocycles. The van der Waals surface area contributed by atoms with E-state index in [0.29, 0.717) is 22.5 Å².